The van der Waals surface area contributed by atoms with E-state index in [2.05, 4.69) is 44.3 Å². The number of benzene rings is 1. The van der Waals surface area contributed by atoms with Crippen LogP contribution in [0.1, 0.15) is 29.7 Å². The quantitative estimate of drug-likeness (QED) is 0.694. The lowest BCUT2D eigenvalue weighted by Gasteiger charge is -2.36. The Balaban J connectivity index is 0.974. The average molecular weight is 454 g/mol. The molecule has 3 fully saturated rings. The van der Waals surface area contributed by atoms with Gasteiger partial charge in [0.1, 0.15) is 0 Å². The molecule has 0 bridgehead atoms. The molecule has 2 saturated heterocycles. The zero-order valence-electron chi connectivity index (χ0n) is 18.5. The smallest absolute Gasteiger partial charge is 0.231 e. The van der Waals surface area contributed by atoms with Crippen LogP contribution in [0.15, 0.2) is 35.7 Å². The minimum atomic E-state index is 0.263. The van der Waals surface area contributed by atoms with Crippen molar-refractivity contribution in [2.45, 2.75) is 32.4 Å². The number of rotatable bonds is 5. The average Bonchev–Trinajstić information content (AvgIpc) is 3.15. The number of thiophene rings is 1. The van der Waals surface area contributed by atoms with Crippen molar-refractivity contribution in [2.24, 2.45) is 11.3 Å². The fourth-order valence-electron chi connectivity index (χ4n) is 5.67. The Labute approximate surface area is 193 Å². The number of amides is 1. The maximum Gasteiger partial charge on any atom is 0.231 e. The van der Waals surface area contributed by atoms with E-state index in [0.717, 1.165) is 83.1 Å². The van der Waals surface area contributed by atoms with Crippen molar-refractivity contribution in [3.8, 4) is 11.5 Å². The van der Waals surface area contributed by atoms with Gasteiger partial charge in [-0.1, -0.05) is 12.1 Å². The molecule has 1 atom stereocenters. The van der Waals surface area contributed by atoms with Gasteiger partial charge < -0.3 is 14.4 Å². The third-order valence-electron chi connectivity index (χ3n) is 7.83. The van der Waals surface area contributed by atoms with E-state index in [1.54, 1.807) is 0 Å². The van der Waals surface area contributed by atoms with E-state index in [0.29, 0.717) is 12.7 Å². The number of carbonyl (C=O) groups excluding carboxylic acids is 1. The molecule has 1 amide bonds. The summed E-state index contributed by atoms with van der Waals surface area (Å²) in [6, 6.07) is 10.6. The highest BCUT2D eigenvalue weighted by Gasteiger charge is 2.59. The van der Waals surface area contributed by atoms with Crippen LogP contribution >= 0.6 is 11.3 Å². The van der Waals surface area contributed by atoms with Gasteiger partial charge in [-0.05, 0) is 66.9 Å². The minimum Gasteiger partial charge on any atom is -0.454 e. The lowest BCUT2D eigenvalue weighted by Crippen LogP contribution is -2.49. The summed E-state index contributed by atoms with van der Waals surface area (Å²) in [4.78, 5) is 21.8. The Morgan fingerprint density at radius 1 is 0.969 bits per heavy atom. The van der Waals surface area contributed by atoms with Gasteiger partial charge in [-0.25, -0.2) is 0 Å². The summed E-state index contributed by atoms with van der Waals surface area (Å²) in [7, 11) is 0. The minimum absolute atomic E-state index is 0.263. The summed E-state index contributed by atoms with van der Waals surface area (Å²) in [5.74, 6) is 2.39. The largest absolute Gasteiger partial charge is 0.454 e. The summed E-state index contributed by atoms with van der Waals surface area (Å²) >= 11 is 1.82. The number of carbonyl (C=O) groups is 1. The Hall–Kier alpha value is -2.09. The van der Waals surface area contributed by atoms with Crippen molar-refractivity contribution < 1.29 is 14.3 Å². The zero-order valence-corrected chi connectivity index (χ0v) is 19.3. The van der Waals surface area contributed by atoms with E-state index >= 15 is 0 Å². The van der Waals surface area contributed by atoms with Crippen molar-refractivity contribution in [1.29, 1.82) is 0 Å². The third kappa shape index (κ3) is 4.02. The van der Waals surface area contributed by atoms with E-state index in [1.807, 2.05) is 17.4 Å². The second-order valence-electron chi connectivity index (χ2n) is 9.76. The van der Waals surface area contributed by atoms with Gasteiger partial charge >= 0.3 is 0 Å². The van der Waals surface area contributed by atoms with Gasteiger partial charge in [0.05, 0.1) is 0 Å². The number of ether oxygens (including phenoxy) is 2. The molecule has 6 rings (SSSR count). The third-order valence-corrected chi connectivity index (χ3v) is 8.69. The fraction of sp³-hybridized carbons (Fsp3) is 0.560. The first-order valence-corrected chi connectivity index (χ1v) is 12.7. The molecule has 1 aromatic heterocycles. The van der Waals surface area contributed by atoms with Gasteiger partial charge in [0.2, 0.25) is 12.7 Å². The van der Waals surface area contributed by atoms with Crippen molar-refractivity contribution in [3.05, 3.63) is 46.2 Å². The van der Waals surface area contributed by atoms with Crippen LogP contribution in [0, 0.1) is 11.3 Å². The summed E-state index contributed by atoms with van der Waals surface area (Å²) < 4.78 is 10.9. The summed E-state index contributed by atoms with van der Waals surface area (Å²) in [6.07, 6.45) is 3.39. The van der Waals surface area contributed by atoms with Gasteiger partial charge in [-0.2, -0.15) is 0 Å². The van der Waals surface area contributed by atoms with Crippen LogP contribution < -0.4 is 9.47 Å². The molecule has 4 heterocycles. The van der Waals surface area contributed by atoms with Gasteiger partial charge in [0.15, 0.2) is 11.5 Å². The first-order chi connectivity index (χ1) is 15.7. The highest BCUT2D eigenvalue weighted by atomic mass is 32.1. The van der Waals surface area contributed by atoms with Crippen LogP contribution in [0.2, 0.25) is 0 Å². The normalized spacial score (nSPS) is 24.8. The zero-order chi connectivity index (χ0) is 21.5. The van der Waals surface area contributed by atoms with E-state index in [9.17, 15) is 4.79 Å². The number of hydrogen-bond acceptors (Lipinski definition) is 6. The summed E-state index contributed by atoms with van der Waals surface area (Å²) in [5.41, 5.74) is 1.55. The molecule has 3 aliphatic heterocycles. The molecule has 2 aromatic rings. The summed E-state index contributed by atoms with van der Waals surface area (Å²) in [5, 5.41) is 2.14. The van der Waals surface area contributed by atoms with E-state index < -0.39 is 0 Å². The molecule has 1 aromatic carbocycles. The lowest BCUT2D eigenvalue weighted by molar-refractivity contribution is -0.135. The number of hydrogen-bond donors (Lipinski definition) is 0. The van der Waals surface area contributed by atoms with Crippen molar-refractivity contribution >= 4 is 17.2 Å². The Bertz CT molecular complexity index is 963. The first kappa shape index (κ1) is 20.5. The van der Waals surface area contributed by atoms with Gasteiger partial charge in [-0.3, -0.25) is 14.6 Å². The molecular formula is C25H31N3O3S. The molecule has 1 aliphatic carbocycles. The maximum absolute atomic E-state index is 13.2. The van der Waals surface area contributed by atoms with Crippen LogP contribution in [0.3, 0.4) is 0 Å². The van der Waals surface area contributed by atoms with Gasteiger partial charge in [0.25, 0.3) is 0 Å². The maximum atomic E-state index is 13.2. The lowest BCUT2D eigenvalue weighted by atomic mass is 9.90. The molecule has 1 spiro atoms. The topological polar surface area (TPSA) is 45.3 Å². The van der Waals surface area contributed by atoms with Crippen LogP contribution in [0.5, 0.6) is 11.5 Å². The van der Waals surface area contributed by atoms with Crippen molar-refractivity contribution in [2.75, 3.05) is 46.1 Å². The fourth-order valence-corrected chi connectivity index (χ4v) is 6.42. The van der Waals surface area contributed by atoms with Gasteiger partial charge in [0, 0.05) is 50.1 Å². The SMILES string of the molecule is O=C(C1CC12CCN(Cc1ccc3c(c1)OCO3)CC2)N1CCN(Cc2cccs2)CC1. The van der Waals surface area contributed by atoms with Crippen molar-refractivity contribution in [3.63, 3.8) is 0 Å². The molecule has 1 unspecified atom stereocenters. The second kappa shape index (κ2) is 8.36. The standard InChI is InChI=1S/C25H31N3O3S/c29-24(28-11-9-27(10-12-28)17-20-2-1-13-32-20)21-15-25(21)5-7-26(8-6-25)16-19-3-4-22-23(14-19)31-18-30-22/h1-4,13-14,21H,5-12,15-18H2. The van der Waals surface area contributed by atoms with Crippen molar-refractivity contribution in [1.82, 2.24) is 14.7 Å². The van der Waals surface area contributed by atoms with Crippen LogP contribution in [-0.4, -0.2) is 66.7 Å². The molecule has 6 nitrogen and oxygen atoms in total. The van der Waals surface area contributed by atoms with Gasteiger partial charge in [-0.15, -0.1) is 11.3 Å². The molecule has 4 aliphatic rings. The molecular weight excluding hydrogens is 422 g/mol. The van der Waals surface area contributed by atoms with E-state index in [4.69, 9.17) is 9.47 Å². The number of nitrogens with zero attached hydrogens (tertiary/aromatic N) is 3. The predicted octanol–water partition coefficient (Wildman–Crippen LogP) is 3.42. The first-order valence-electron chi connectivity index (χ1n) is 11.8. The Morgan fingerprint density at radius 2 is 1.75 bits per heavy atom. The number of fused-ring (bicyclic) bond motifs is 1. The molecule has 32 heavy (non-hydrogen) atoms. The van der Waals surface area contributed by atoms with E-state index in [1.165, 1.54) is 10.4 Å². The summed E-state index contributed by atoms with van der Waals surface area (Å²) in [6.45, 7) is 8.19. The Morgan fingerprint density at radius 3 is 2.53 bits per heavy atom. The van der Waals surface area contributed by atoms with Crippen LogP contribution in [-0.2, 0) is 17.9 Å². The molecule has 0 radical (unpaired) electrons. The van der Waals surface area contributed by atoms with Crippen LogP contribution in [0.4, 0.5) is 0 Å². The predicted molar refractivity (Wildman–Crippen MR) is 124 cm³/mol. The number of piperazine rings is 1. The second-order valence-corrected chi connectivity index (χ2v) is 10.8. The Kier molecular flexibility index (Phi) is 5.36. The number of piperidine rings is 1. The highest BCUT2D eigenvalue weighted by molar-refractivity contribution is 7.09. The highest BCUT2D eigenvalue weighted by Crippen LogP contribution is 2.60. The monoisotopic (exact) mass is 453 g/mol. The van der Waals surface area contributed by atoms with Crippen LogP contribution in [0.25, 0.3) is 0 Å². The molecule has 1 saturated carbocycles. The molecule has 7 heteroatoms. The molecule has 170 valence electrons. The molecule has 0 N–H and O–H groups in total. The number of likely N-dealkylation sites (tertiary alicyclic amines) is 1. The van der Waals surface area contributed by atoms with E-state index in [-0.39, 0.29) is 11.3 Å².